The van der Waals surface area contributed by atoms with E-state index in [1.807, 2.05) is 6.92 Å². The fourth-order valence-electron chi connectivity index (χ4n) is 2.50. The molecule has 0 bridgehead atoms. The predicted octanol–water partition coefficient (Wildman–Crippen LogP) is 1.04. The zero-order valence-corrected chi connectivity index (χ0v) is 12.4. The Labute approximate surface area is 123 Å². The maximum atomic E-state index is 12.1. The average molecular weight is 308 g/mol. The van der Waals surface area contributed by atoms with Gasteiger partial charge in [0.15, 0.2) is 0 Å². The van der Waals surface area contributed by atoms with Crippen molar-refractivity contribution in [1.29, 1.82) is 0 Å². The summed E-state index contributed by atoms with van der Waals surface area (Å²) in [6.07, 6.45) is -0.815. The van der Waals surface area contributed by atoms with Crippen LogP contribution < -0.4 is 5.32 Å². The lowest BCUT2D eigenvalue weighted by Gasteiger charge is -2.17. The number of hydrogen-bond acceptors (Lipinski definition) is 5. The minimum atomic E-state index is -4.06. The van der Waals surface area contributed by atoms with Gasteiger partial charge in [0.05, 0.1) is 0 Å². The Hall–Kier alpha value is -1.86. The van der Waals surface area contributed by atoms with Crippen LogP contribution in [0.25, 0.3) is 0 Å². The Bertz CT molecular complexity index is 691. The fourth-order valence-corrected chi connectivity index (χ4v) is 3.35. The first-order valence-corrected chi connectivity index (χ1v) is 8.07. The van der Waals surface area contributed by atoms with Gasteiger partial charge in [-0.15, -0.1) is 0 Å². The van der Waals surface area contributed by atoms with E-state index < -0.39 is 16.2 Å². The number of carbonyl (C=O) groups is 1. The fraction of sp³-hybridized carbons (Fsp3) is 0.357. The van der Waals surface area contributed by atoms with E-state index in [1.165, 1.54) is 17.0 Å². The summed E-state index contributed by atoms with van der Waals surface area (Å²) in [6, 6.07) is 6.20. The number of benzene rings is 1. The topological polar surface area (TPSA) is 75.7 Å². The van der Waals surface area contributed by atoms with E-state index in [4.69, 9.17) is 4.18 Å². The van der Waals surface area contributed by atoms with Gasteiger partial charge in [0.1, 0.15) is 4.90 Å². The summed E-state index contributed by atoms with van der Waals surface area (Å²) in [5, 5.41) is 3.19. The predicted molar refractivity (Wildman–Crippen MR) is 76.3 cm³/mol. The van der Waals surface area contributed by atoms with Crippen LogP contribution in [-0.4, -0.2) is 45.6 Å². The lowest BCUT2D eigenvalue weighted by atomic mass is 10.2. The van der Waals surface area contributed by atoms with Gasteiger partial charge >= 0.3 is 16.2 Å². The molecule has 2 aliphatic heterocycles. The van der Waals surface area contributed by atoms with E-state index in [0.717, 1.165) is 29.8 Å². The molecule has 1 aromatic carbocycles. The highest BCUT2D eigenvalue weighted by atomic mass is 32.2. The van der Waals surface area contributed by atoms with Crippen molar-refractivity contribution in [2.45, 2.75) is 11.8 Å². The van der Waals surface area contributed by atoms with Crippen LogP contribution in [0.1, 0.15) is 5.56 Å². The Kier molecular flexibility index (Phi) is 3.46. The van der Waals surface area contributed by atoms with Crippen LogP contribution in [-0.2, 0) is 14.3 Å². The smallest absolute Gasteiger partial charge is 0.324 e. The second-order valence-corrected chi connectivity index (χ2v) is 6.83. The SMILES string of the molecule is Cc1ccc(S(=O)(=O)OC(=O)N2CC3=C(CNC3)C2)cc1. The van der Waals surface area contributed by atoms with Crippen molar-refractivity contribution in [3.8, 4) is 0 Å². The van der Waals surface area contributed by atoms with Crippen molar-refractivity contribution in [2.75, 3.05) is 26.2 Å². The largest absolute Gasteiger partial charge is 0.426 e. The zero-order valence-electron chi connectivity index (χ0n) is 11.6. The third kappa shape index (κ3) is 2.79. The second kappa shape index (κ2) is 5.16. The molecule has 0 aliphatic carbocycles. The van der Waals surface area contributed by atoms with Crippen molar-refractivity contribution in [3.63, 3.8) is 0 Å². The van der Waals surface area contributed by atoms with Gasteiger partial charge in [-0.3, -0.25) is 4.90 Å². The van der Waals surface area contributed by atoms with Crippen LogP contribution in [0.4, 0.5) is 4.79 Å². The van der Waals surface area contributed by atoms with Gasteiger partial charge < -0.3 is 9.50 Å². The van der Waals surface area contributed by atoms with E-state index in [-0.39, 0.29) is 4.90 Å². The first-order chi connectivity index (χ1) is 9.95. The molecule has 6 nitrogen and oxygen atoms in total. The van der Waals surface area contributed by atoms with Crippen molar-refractivity contribution in [3.05, 3.63) is 41.0 Å². The summed E-state index contributed by atoms with van der Waals surface area (Å²) in [6.45, 7) is 4.23. The highest BCUT2D eigenvalue weighted by Crippen LogP contribution is 2.22. The quantitative estimate of drug-likeness (QED) is 0.652. The summed E-state index contributed by atoms with van der Waals surface area (Å²) in [7, 11) is -4.06. The average Bonchev–Trinajstić information content (AvgIpc) is 2.99. The molecule has 2 aliphatic rings. The van der Waals surface area contributed by atoms with Gasteiger partial charge in [-0.1, -0.05) is 17.7 Å². The molecule has 1 aromatic rings. The van der Waals surface area contributed by atoms with Crippen molar-refractivity contribution in [2.24, 2.45) is 0 Å². The highest BCUT2D eigenvalue weighted by molar-refractivity contribution is 7.87. The molecule has 1 N–H and O–H groups in total. The minimum Gasteiger partial charge on any atom is -0.324 e. The van der Waals surface area contributed by atoms with Crippen LogP contribution in [0.15, 0.2) is 40.3 Å². The van der Waals surface area contributed by atoms with Crippen molar-refractivity contribution >= 4 is 16.2 Å². The van der Waals surface area contributed by atoms with Gasteiger partial charge in [-0.2, -0.15) is 8.42 Å². The van der Waals surface area contributed by atoms with Crippen LogP contribution in [0.2, 0.25) is 0 Å². The molecule has 0 atom stereocenters. The number of nitrogens with one attached hydrogen (secondary N) is 1. The van der Waals surface area contributed by atoms with Gasteiger partial charge in [-0.25, -0.2) is 4.79 Å². The molecule has 0 saturated heterocycles. The maximum Gasteiger partial charge on any atom is 0.426 e. The van der Waals surface area contributed by atoms with E-state index in [9.17, 15) is 13.2 Å². The Balaban J connectivity index is 1.69. The first-order valence-electron chi connectivity index (χ1n) is 6.66. The molecular formula is C14H16N2O4S. The summed E-state index contributed by atoms with van der Waals surface area (Å²) in [4.78, 5) is 13.4. The molecule has 3 rings (SSSR count). The molecule has 112 valence electrons. The number of rotatable bonds is 2. The summed E-state index contributed by atoms with van der Waals surface area (Å²) >= 11 is 0. The normalized spacial score (nSPS) is 18.0. The molecule has 0 unspecified atom stereocenters. The molecule has 0 saturated carbocycles. The van der Waals surface area contributed by atoms with E-state index >= 15 is 0 Å². The van der Waals surface area contributed by atoms with Crippen LogP contribution >= 0.6 is 0 Å². The highest BCUT2D eigenvalue weighted by Gasteiger charge is 2.32. The molecule has 2 heterocycles. The maximum absolute atomic E-state index is 12.1. The molecule has 1 amide bonds. The molecule has 0 radical (unpaired) electrons. The zero-order chi connectivity index (χ0) is 15.0. The Morgan fingerprint density at radius 3 is 2.29 bits per heavy atom. The van der Waals surface area contributed by atoms with Crippen LogP contribution in [0.3, 0.4) is 0 Å². The van der Waals surface area contributed by atoms with Gasteiger partial charge in [0, 0.05) is 26.2 Å². The molecule has 0 spiro atoms. The number of amides is 1. The number of carbonyl (C=O) groups excluding carboxylic acids is 1. The van der Waals surface area contributed by atoms with Crippen molar-refractivity contribution in [1.82, 2.24) is 10.2 Å². The number of aryl methyl sites for hydroxylation is 1. The lowest BCUT2D eigenvalue weighted by Crippen LogP contribution is -2.34. The number of hydrogen-bond donors (Lipinski definition) is 1. The third-order valence-corrected chi connectivity index (χ3v) is 4.90. The van der Waals surface area contributed by atoms with Gasteiger partial charge in [0.25, 0.3) is 0 Å². The third-order valence-electron chi connectivity index (χ3n) is 3.69. The molecule has 0 aromatic heterocycles. The Morgan fingerprint density at radius 1 is 1.14 bits per heavy atom. The summed E-state index contributed by atoms with van der Waals surface area (Å²) in [5.41, 5.74) is 3.24. The minimum absolute atomic E-state index is 0.0113. The van der Waals surface area contributed by atoms with Crippen LogP contribution in [0.5, 0.6) is 0 Å². The Morgan fingerprint density at radius 2 is 1.71 bits per heavy atom. The standard InChI is InChI=1S/C14H16N2O4S/c1-10-2-4-13(5-3-10)21(18,19)20-14(17)16-8-11-6-15-7-12(11)9-16/h2-5,15H,6-9H2,1H3. The molecule has 7 heteroatoms. The second-order valence-electron chi connectivity index (χ2n) is 5.28. The lowest BCUT2D eigenvalue weighted by molar-refractivity contribution is 0.165. The molecule has 0 fully saturated rings. The molecular weight excluding hydrogens is 292 g/mol. The van der Waals surface area contributed by atoms with E-state index in [1.54, 1.807) is 12.1 Å². The van der Waals surface area contributed by atoms with E-state index in [2.05, 4.69) is 5.32 Å². The molecule has 21 heavy (non-hydrogen) atoms. The van der Waals surface area contributed by atoms with Gasteiger partial charge in [0.2, 0.25) is 0 Å². The summed E-state index contributed by atoms with van der Waals surface area (Å²) < 4.78 is 28.8. The monoisotopic (exact) mass is 308 g/mol. The first kappa shape index (κ1) is 14.1. The van der Waals surface area contributed by atoms with Crippen LogP contribution in [0, 0.1) is 6.92 Å². The van der Waals surface area contributed by atoms with Gasteiger partial charge in [-0.05, 0) is 30.2 Å². The van der Waals surface area contributed by atoms with E-state index in [0.29, 0.717) is 13.1 Å². The number of nitrogens with zero attached hydrogens (tertiary/aromatic N) is 1. The van der Waals surface area contributed by atoms with Crippen molar-refractivity contribution < 1.29 is 17.4 Å². The summed E-state index contributed by atoms with van der Waals surface area (Å²) in [5.74, 6) is 0.